The van der Waals surface area contributed by atoms with Crippen LogP contribution in [0.25, 0.3) is 0 Å². The van der Waals surface area contributed by atoms with Crippen molar-refractivity contribution in [3.8, 4) is 0 Å². The minimum atomic E-state index is -0.690. The Morgan fingerprint density at radius 2 is 1.37 bits per heavy atom. The van der Waals surface area contributed by atoms with Crippen molar-refractivity contribution in [3.63, 3.8) is 0 Å². The van der Waals surface area contributed by atoms with E-state index < -0.39 is 24.4 Å². The lowest BCUT2D eigenvalue weighted by atomic mass is 10.1. The fourth-order valence-corrected chi connectivity index (χ4v) is 2.46. The zero-order chi connectivity index (χ0) is 22.1. The molecule has 0 saturated heterocycles. The molecule has 2 aromatic carbocycles. The van der Waals surface area contributed by atoms with E-state index in [0.29, 0.717) is 22.5 Å². The maximum absolute atomic E-state index is 11.9. The van der Waals surface area contributed by atoms with Crippen LogP contribution in [0.5, 0.6) is 0 Å². The Kier molecular flexibility index (Phi) is 7.99. The van der Waals surface area contributed by atoms with E-state index >= 15 is 0 Å². The molecule has 8 heteroatoms. The number of anilines is 2. The number of benzene rings is 2. The Morgan fingerprint density at radius 3 is 2.00 bits per heavy atom. The van der Waals surface area contributed by atoms with Crippen LogP contribution in [0.1, 0.15) is 47.4 Å². The largest absolute Gasteiger partial charge is 0.456 e. The number of carbonyl (C=O) groups excluding carboxylic acids is 5. The molecule has 0 aliphatic rings. The summed E-state index contributed by atoms with van der Waals surface area (Å²) in [6, 6.07) is 12.8. The fourth-order valence-electron chi connectivity index (χ4n) is 2.46. The maximum Gasteiger partial charge on any atom is 0.306 e. The first-order valence-electron chi connectivity index (χ1n) is 9.22. The molecular formula is C22H22N2O6. The number of Topliss-reactive ketones (excluding diaryl/α,β-unsaturated/α-hetero) is 2. The molecule has 0 atom stereocenters. The number of rotatable bonds is 9. The van der Waals surface area contributed by atoms with E-state index in [2.05, 4.69) is 10.6 Å². The molecule has 8 nitrogen and oxygen atoms in total. The molecule has 2 N–H and O–H groups in total. The quantitative estimate of drug-likeness (QED) is 0.485. The van der Waals surface area contributed by atoms with E-state index in [0.717, 1.165) is 0 Å². The normalized spacial score (nSPS) is 10.1. The first-order valence-corrected chi connectivity index (χ1v) is 9.22. The lowest BCUT2D eigenvalue weighted by Gasteiger charge is -2.08. The molecule has 0 heterocycles. The topological polar surface area (TPSA) is 119 Å². The molecule has 0 fully saturated rings. The van der Waals surface area contributed by atoms with E-state index in [4.69, 9.17) is 4.74 Å². The van der Waals surface area contributed by atoms with Crippen LogP contribution in [-0.4, -0.2) is 36.0 Å². The lowest BCUT2D eigenvalue weighted by molar-refractivity contribution is -0.147. The summed E-state index contributed by atoms with van der Waals surface area (Å²) in [7, 11) is 0. The van der Waals surface area contributed by atoms with E-state index in [1.807, 2.05) is 0 Å². The van der Waals surface area contributed by atoms with Gasteiger partial charge in [-0.3, -0.25) is 24.0 Å². The summed E-state index contributed by atoms with van der Waals surface area (Å²) < 4.78 is 4.86. The SMILES string of the molecule is CC(=O)c1ccc(NC(=O)COC(=O)CCC(=O)Nc2cccc(C(C)=O)c2)cc1. The van der Waals surface area contributed by atoms with Gasteiger partial charge in [0, 0.05) is 28.9 Å². The van der Waals surface area contributed by atoms with Gasteiger partial charge in [-0.2, -0.15) is 0 Å². The Balaban J connectivity index is 1.71. The Hall–Kier alpha value is -3.81. The third-order valence-electron chi connectivity index (χ3n) is 4.05. The molecule has 0 spiro atoms. The highest BCUT2D eigenvalue weighted by molar-refractivity contribution is 5.98. The van der Waals surface area contributed by atoms with Crippen LogP contribution in [0.15, 0.2) is 48.5 Å². The van der Waals surface area contributed by atoms with E-state index in [-0.39, 0.29) is 24.4 Å². The van der Waals surface area contributed by atoms with E-state index in [9.17, 15) is 24.0 Å². The van der Waals surface area contributed by atoms with Crippen LogP contribution in [0.4, 0.5) is 11.4 Å². The van der Waals surface area contributed by atoms with E-state index in [1.54, 1.807) is 48.5 Å². The lowest BCUT2D eigenvalue weighted by Crippen LogP contribution is -2.21. The number of ketones is 2. The van der Waals surface area contributed by atoms with Gasteiger partial charge in [-0.1, -0.05) is 12.1 Å². The summed E-state index contributed by atoms with van der Waals surface area (Å²) in [5.41, 5.74) is 1.91. The van der Waals surface area contributed by atoms with E-state index in [1.165, 1.54) is 13.8 Å². The van der Waals surface area contributed by atoms with Crippen molar-refractivity contribution in [3.05, 3.63) is 59.7 Å². The van der Waals surface area contributed by atoms with Crippen molar-refractivity contribution < 1.29 is 28.7 Å². The molecule has 0 aliphatic heterocycles. The second kappa shape index (κ2) is 10.7. The second-order valence-corrected chi connectivity index (χ2v) is 6.53. The molecule has 2 rings (SSSR count). The first-order chi connectivity index (χ1) is 14.2. The summed E-state index contributed by atoms with van der Waals surface area (Å²) in [6.45, 7) is 2.38. The molecule has 30 heavy (non-hydrogen) atoms. The third kappa shape index (κ3) is 7.31. The average Bonchev–Trinajstić information content (AvgIpc) is 2.71. The zero-order valence-electron chi connectivity index (χ0n) is 16.7. The van der Waals surface area contributed by atoms with Crippen LogP contribution in [-0.2, 0) is 19.1 Å². The summed E-state index contributed by atoms with van der Waals surface area (Å²) in [4.78, 5) is 58.1. The van der Waals surface area contributed by atoms with Gasteiger partial charge in [0.15, 0.2) is 18.2 Å². The van der Waals surface area contributed by atoms with Gasteiger partial charge in [-0.25, -0.2) is 0 Å². The minimum absolute atomic E-state index is 0.0857. The van der Waals surface area contributed by atoms with Gasteiger partial charge >= 0.3 is 5.97 Å². The number of ether oxygens (including phenoxy) is 1. The Morgan fingerprint density at radius 1 is 0.733 bits per heavy atom. The number of amides is 2. The molecule has 0 aromatic heterocycles. The van der Waals surface area contributed by atoms with Gasteiger partial charge in [0.1, 0.15) is 0 Å². The third-order valence-corrected chi connectivity index (χ3v) is 4.05. The molecule has 2 aromatic rings. The highest BCUT2D eigenvalue weighted by atomic mass is 16.5. The summed E-state index contributed by atoms with van der Waals surface area (Å²) in [5, 5.41) is 5.14. The highest BCUT2D eigenvalue weighted by Crippen LogP contribution is 2.12. The summed E-state index contributed by atoms with van der Waals surface area (Å²) >= 11 is 0. The monoisotopic (exact) mass is 410 g/mol. The number of hydrogen-bond acceptors (Lipinski definition) is 6. The molecule has 0 saturated carbocycles. The van der Waals surface area contributed by atoms with Gasteiger partial charge in [0.2, 0.25) is 5.91 Å². The van der Waals surface area contributed by atoms with Crippen LogP contribution in [0, 0.1) is 0 Å². The van der Waals surface area contributed by atoms with Gasteiger partial charge in [0.25, 0.3) is 5.91 Å². The standard InChI is InChI=1S/C22H22N2O6/c1-14(25)16-6-8-18(9-7-16)23-21(28)13-30-22(29)11-10-20(27)24-19-5-3-4-17(12-19)15(2)26/h3-9,12H,10-11,13H2,1-2H3,(H,23,28)(H,24,27). The Labute approximate surface area is 173 Å². The van der Waals surface area contributed by atoms with Crippen LogP contribution in [0.2, 0.25) is 0 Å². The van der Waals surface area contributed by atoms with Gasteiger partial charge in [-0.05, 0) is 50.2 Å². The highest BCUT2D eigenvalue weighted by Gasteiger charge is 2.12. The molecular weight excluding hydrogens is 388 g/mol. The van der Waals surface area contributed by atoms with Crippen molar-refractivity contribution >= 4 is 40.7 Å². The van der Waals surface area contributed by atoms with Crippen LogP contribution >= 0.6 is 0 Å². The molecule has 0 bridgehead atoms. The van der Waals surface area contributed by atoms with Crippen molar-refractivity contribution in [2.75, 3.05) is 17.2 Å². The summed E-state index contributed by atoms with van der Waals surface area (Å²) in [6.07, 6.45) is -0.323. The van der Waals surface area contributed by atoms with Crippen molar-refractivity contribution in [1.82, 2.24) is 0 Å². The zero-order valence-corrected chi connectivity index (χ0v) is 16.7. The predicted octanol–water partition coefficient (Wildman–Crippen LogP) is 2.99. The Bertz CT molecular complexity index is 966. The smallest absolute Gasteiger partial charge is 0.306 e. The molecule has 0 radical (unpaired) electrons. The van der Waals surface area contributed by atoms with Crippen molar-refractivity contribution in [2.24, 2.45) is 0 Å². The van der Waals surface area contributed by atoms with Gasteiger partial charge in [0.05, 0.1) is 6.42 Å². The van der Waals surface area contributed by atoms with Crippen LogP contribution < -0.4 is 10.6 Å². The van der Waals surface area contributed by atoms with Crippen molar-refractivity contribution in [2.45, 2.75) is 26.7 Å². The number of esters is 1. The van der Waals surface area contributed by atoms with Gasteiger partial charge < -0.3 is 15.4 Å². The predicted molar refractivity (Wildman–Crippen MR) is 110 cm³/mol. The molecule has 0 unspecified atom stereocenters. The maximum atomic E-state index is 11.9. The fraction of sp³-hybridized carbons (Fsp3) is 0.227. The van der Waals surface area contributed by atoms with Gasteiger partial charge in [-0.15, -0.1) is 0 Å². The molecule has 0 aliphatic carbocycles. The molecule has 2 amide bonds. The summed E-state index contributed by atoms with van der Waals surface area (Å²) in [5.74, 6) is -1.85. The molecule has 156 valence electrons. The van der Waals surface area contributed by atoms with Crippen LogP contribution in [0.3, 0.4) is 0 Å². The van der Waals surface area contributed by atoms with Crippen molar-refractivity contribution in [1.29, 1.82) is 0 Å². The number of hydrogen-bond donors (Lipinski definition) is 2. The minimum Gasteiger partial charge on any atom is -0.456 e. The number of carbonyl (C=O) groups is 5. The second-order valence-electron chi connectivity index (χ2n) is 6.53. The first kappa shape index (κ1) is 22.5. The average molecular weight is 410 g/mol. The number of nitrogens with one attached hydrogen (secondary N) is 2.